The minimum absolute atomic E-state index is 0.0275. The molecule has 1 aromatic heterocycles. The Bertz CT molecular complexity index is 835. The van der Waals surface area contributed by atoms with Gasteiger partial charge in [-0.15, -0.1) is 11.3 Å². The highest BCUT2D eigenvalue weighted by Gasteiger charge is 2.39. The number of hydrogen-bond donors (Lipinski definition) is 2. The molecule has 3 aliphatic rings. The lowest BCUT2D eigenvalue weighted by Crippen LogP contribution is -2.42. The number of nitrogens with one attached hydrogen (secondary N) is 2. The molecule has 1 amide bonds. The average molecular weight is 417 g/mol. The van der Waals surface area contributed by atoms with Crippen LogP contribution >= 0.6 is 23.1 Å². The molecule has 2 N–H and O–H groups in total. The molecule has 0 unspecified atom stereocenters. The molecule has 28 heavy (non-hydrogen) atoms. The van der Waals surface area contributed by atoms with Gasteiger partial charge in [-0.2, -0.15) is 0 Å². The van der Waals surface area contributed by atoms with Gasteiger partial charge in [-0.3, -0.25) is 4.79 Å². The number of morpholine rings is 1. The summed E-state index contributed by atoms with van der Waals surface area (Å²) in [7, 11) is 0. The first-order valence-electron chi connectivity index (χ1n) is 9.88. The van der Waals surface area contributed by atoms with E-state index in [1.807, 2.05) is 24.3 Å². The summed E-state index contributed by atoms with van der Waals surface area (Å²) in [5.74, 6) is 1.06. The van der Waals surface area contributed by atoms with Crippen LogP contribution in [-0.2, 0) is 4.74 Å². The summed E-state index contributed by atoms with van der Waals surface area (Å²) >= 11 is 3.30. The Hall–Kier alpha value is -1.61. The maximum Gasteiger partial charge on any atom is 0.251 e. The fourth-order valence-corrected chi connectivity index (χ4v) is 6.04. The van der Waals surface area contributed by atoms with E-state index in [0.29, 0.717) is 12.1 Å². The van der Waals surface area contributed by atoms with Gasteiger partial charge in [0.2, 0.25) is 0 Å². The highest BCUT2D eigenvalue weighted by atomic mass is 32.2. The standard InChI is InChI=1S/C20H24N4O2S2/c25-19(22-17-11-14-3-6-16(17)21-14)13-1-4-15(5-2-13)28-20-23-18(12-27-20)24-7-9-26-10-8-24/h1-2,4-5,12,14,16-17,21H,3,6-11H2,(H,22,25)/t14-,16+,17-/m1/s1. The molecule has 0 saturated carbocycles. The molecule has 2 aromatic rings. The summed E-state index contributed by atoms with van der Waals surface area (Å²) in [4.78, 5) is 20.7. The van der Waals surface area contributed by atoms with Crippen molar-refractivity contribution >= 4 is 34.8 Å². The van der Waals surface area contributed by atoms with Gasteiger partial charge >= 0.3 is 0 Å². The molecule has 3 saturated heterocycles. The van der Waals surface area contributed by atoms with E-state index in [-0.39, 0.29) is 11.9 Å². The van der Waals surface area contributed by atoms with Crippen molar-refractivity contribution in [3.05, 3.63) is 35.2 Å². The second-order valence-corrected chi connectivity index (χ2v) is 9.74. The molecule has 0 radical (unpaired) electrons. The van der Waals surface area contributed by atoms with Crippen LogP contribution < -0.4 is 15.5 Å². The van der Waals surface area contributed by atoms with Crippen molar-refractivity contribution in [2.75, 3.05) is 31.2 Å². The van der Waals surface area contributed by atoms with Crippen LogP contribution in [0.25, 0.3) is 0 Å². The molecule has 0 aliphatic carbocycles. The van der Waals surface area contributed by atoms with Gasteiger partial charge in [0.15, 0.2) is 4.34 Å². The SMILES string of the molecule is O=C(N[C@@H]1C[C@H]2CC[C@@H]1N2)c1ccc(Sc2nc(N3CCOCC3)cs2)cc1. The fraction of sp³-hybridized carbons (Fsp3) is 0.500. The van der Waals surface area contributed by atoms with Crippen molar-refractivity contribution in [1.29, 1.82) is 0 Å². The van der Waals surface area contributed by atoms with Crippen molar-refractivity contribution in [2.45, 2.75) is 46.6 Å². The molecule has 3 fully saturated rings. The van der Waals surface area contributed by atoms with Crippen molar-refractivity contribution in [1.82, 2.24) is 15.6 Å². The van der Waals surface area contributed by atoms with Gasteiger partial charge in [-0.1, -0.05) is 11.8 Å². The van der Waals surface area contributed by atoms with Crippen LogP contribution in [0.5, 0.6) is 0 Å². The third kappa shape index (κ3) is 3.91. The second kappa shape index (κ2) is 8.02. The summed E-state index contributed by atoms with van der Waals surface area (Å²) in [6, 6.07) is 9.16. The monoisotopic (exact) mass is 416 g/mol. The van der Waals surface area contributed by atoms with Crippen LogP contribution in [0.3, 0.4) is 0 Å². The van der Waals surface area contributed by atoms with E-state index in [1.54, 1.807) is 23.1 Å². The van der Waals surface area contributed by atoms with E-state index in [1.165, 1.54) is 12.8 Å². The highest BCUT2D eigenvalue weighted by molar-refractivity contribution is 8.01. The minimum atomic E-state index is 0.0275. The molecule has 5 rings (SSSR count). The maximum atomic E-state index is 12.6. The number of amides is 1. The molecule has 0 spiro atoms. The van der Waals surface area contributed by atoms with E-state index < -0.39 is 0 Å². The van der Waals surface area contributed by atoms with Gasteiger partial charge in [0.1, 0.15) is 5.82 Å². The molecule has 2 bridgehead atoms. The smallest absolute Gasteiger partial charge is 0.251 e. The average Bonchev–Trinajstić information content (AvgIpc) is 3.46. The van der Waals surface area contributed by atoms with Crippen LogP contribution in [0.1, 0.15) is 29.6 Å². The van der Waals surface area contributed by atoms with Crippen LogP contribution in [0, 0.1) is 0 Å². The summed E-state index contributed by atoms with van der Waals surface area (Å²) < 4.78 is 6.42. The maximum absolute atomic E-state index is 12.6. The first-order valence-corrected chi connectivity index (χ1v) is 11.6. The Balaban J connectivity index is 1.18. The molecular formula is C20H24N4O2S2. The molecule has 4 heterocycles. The number of carbonyl (C=O) groups excluding carboxylic acids is 1. The van der Waals surface area contributed by atoms with E-state index in [0.717, 1.165) is 53.3 Å². The first-order chi connectivity index (χ1) is 13.7. The number of thiazole rings is 1. The first kappa shape index (κ1) is 18.4. The van der Waals surface area contributed by atoms with Gasteiger partial charge in [-0.25, -0.2) is 4.98 Å². The number of anilines is 1. The molecule has 3 aliphatic heterocycles. The van der Waals surface area contributed by atoms with Gasteiger partial charge in [-0.05, 0) is 43.5 Å². The Labute approximate surface area is 173 Å². The van der Waals surface area contributed by atoms with E-state index in [2.05, 4.69) is 20.9 Å². The highest BCUT2D eigenvalue weighted by Crippen LogP contribution is 2.33. The molecular weight excluding hydrogens is 392 g/mol. The van der Waals surface area contributed by atoms with Crippen LogP contribution in [0.4, 0.5) is 5.82 Å². The summed E-state index contributed by atoms with van der Waals surface area (Å²) in [5.41, 5.74) is 0.722. The predicted octanol–water partition coefficient (Wildman–Crippen LogP) is 2.75. The number of fused-ring (bicyclic) bond motifs is 2. The lowest BCUT2D eigenvalue weighted by Gasteiger charge is -2.26. The lowest BCUT2D eigenvalue weighted by molar-refractivity contribution is 0.0931. The number of nitrogens with zero attached hydrogens (tertiary/aromatic N) is 2. The minimum Gasteiger partial charge on any atom is -0.378 e. The Morgan fingerprint density at radius 1 is 1.25 bits per heavy atom. The Kier molecular flexibility index (Phi) is 5.28. The zero-order valence-electron chi connectivity index (χ0n) is 15.6. The van der Waals surface area contributed by atoms with Gasteiger partial charge in [0.05, 0.1) is 13.2 Å². The number of rotatable bonds is 5. The molecule has 148 valence electrons. The van der Waals surface area contributed by atoms with Crippen LogP contribution in [-0.4, -0.2) is 55.3 Å². The Morgan fingerprint density at radius 3 is 2.79 bits per heavy atom. The number of hydrogen-bond acceptors (Lipinski definition) is 7. The predicted molar refractivity (Wildman–Crippen MR) is 112 cm³/mol. The summed E-state index contributed by atoms with van der Waals surface area (Å²) in [5, 5.41) is 8.87. The van der Waals surface area contributed by atoms with Crippen molar-refractivity contribution < 1.29 is 9.53 Å². The van der Waals surface area contributed by atoms with E-state index in [9.17, 15) is 4.79 Å². The number of carbonyl (C=O) groups is 1. The summed E-state index contributed by atoms with van der Waals surface area (Å²) in [6.45, 7) is 3.33. The summed E-state index contributed by atoms with van der Waals surface area (Å²) in [6.07, 6.45) is 3.47. The van der Waals surface area contributed by atoms with Gasteiger partial charge in [0, 0.05) is 47.1 Å². The number of ether oxygens (including phenoxy) is 1. The van der Waals surface area contributed by atoms with E-state index >= 15 is 0 Å². The van der Waals surface area contributed by atoms with Crippen LogP contribution in [0.15, 0.2) is 38.9 Å². The lowest BCUT2D eigenvalue weighted by atomic mass is 9.95. The molecule has 3 atom stereocenters. The largest absolute Gasteiger partial charge is 0.378 e. The third-order valence-electron chi connectivity index (χ3n) is 5.74. The van der Waals surface area contributed by atoms with E-state index in [4.69, 9.17) is 9.72 Å². The zero-order chi connectivity index (χ0) is 18.9. The van der Waals surface area contributed by atoms with Crippen molar-refractivity contribution in [2.24, 2.45) is 0 Å². The molecule has 6 nitrogen and oxygen atoms in total. The van der Waals surface area contributed by atoms with Crippen molar-refractivity contribution in [3.8, 4) is 0 Å². The van der Waals surface area contributed by atoms with Gasteiger partial charge in [0.25, 0.3) is 5.91 Å². The fourth-order valence-electron chi connectivity index (χ4n) is 4.24. The normalized spacial score (nSPS) is 26.6. The Morgan fingerprint density at radius 2 is 2.07 bits per heavy atom. The third-order valence-corrected chi connectivity index (χ3v) is 7.68. The quantitative estimate of drug-likeness (QED) is 0.781. The molecule has 8 heteroatoms. The number of aromatic nitrogens is 1. The van der Waals surface area contributed by atoms with Crippen molar-refractivity contribution in [3.63, 3.8) is 0 Å². The zero-order valence-corrected chi connectivity index (χ0v) is 17.2. The second-order valence-electron chi connectivity index (χ2n) is 7.56. The van der Waals surface area contributed by atoms with Gasteiger partial charge < -0.3 is 20.3 Å². The topological polar surface area (TPSA) is 66.5 Å². The number of benzene rings is 1. The molecule has 1 aromatic carbocycles. The van der Waals surface area contributed by atoms with Crippen LogP contribution in [0.2, 0.25) is 0 Å².